The Morgan fingerprint density at radius 1 is 0.921 bits per heavy atom. The van der Waals surface area contributed by atoms with Gasteiger partial charge in [0.25, 0.3) is 0 Å². The van der Waals surface area contributed by atoms with Crippen LogP contribution in [0.25, 0.3) is 10.9 Å². The fourth-order valence-electron chi connectivity index (χ4n) is 3.73. The second-order valence-electron chi connectivity index (χ2n) is 8.08. The van der Waals surface area contributed by atoms with Crippen molar-refractivity contribution in [3.8, 4) is 17.2 Å². The van der Waals surface area contributed by atoms with E-state index in [1.165, 1.54) is 18.2 Å². The van der Waals surface area contributed by atoms with Crippen LogP contribution in [0.5, 0.6) is 17.2 Å². The number of aromatic amines is 1. The highest BCUT2D eigenvalue weighted by Gasteiger charge is 2.38. The van der Waals surface area contributed by atoms with Crippen LogP contribution >= 0.6 is 0 Å². The number of carbonyl (C=O) groups is 1. The summed E-state index contributed by atoms with van der Waals surface area (Å²) in [4.78, 5) is 12.5. The highest BCUT2D eigenvalue weighted by Crippen LogP contribution is 2.38. The molecule has 8 nitrogen and oxygen atoms in total. The highest BCUT2D eigenvalue weighted by molar-refractivity contribution is 6.04. The lowest BCUT2D eigenvalue weighted by molar-refractivity contribution is -0.143. The van der Waals surface area contributed by atoms with Gasteiger partial charge in [-0.15, -0.1) is 0 Å². The Hall–Kier alpha value is -4.62. The van der Waals surface area contributed by atoms with Gasteiger partial charge in [0.05, 0.1) is 16.6 Å². The van der Waals surface area contributed by atoms with E-state index in [2.05, 4.69) is 20.8 Å². The Balaban J connectivity index is 1.31. The fraction of sp³-hybridized carbons (Fsp3) is 0.167. The van der Waals surface area contributed by atoms with E-state index in [9.17, 15) is 31.1 Å². The maximum atomic E-state index is 13.4. The van der Waals surface area contributed by atoms with Gasteiger partial charge in [0.1, 0.15) is 12.4 Å². The van der Waals surface area contributed by atoms with Gasteiger partial charge in [-0.3, -0.25) is 10.4 Å². The topological polar surface area (TPSA) is 97.5 Å². The number of carbonyl (C=O) groups excluding carboxylic acids is 1. The first-order valence-electron chi connectivity index (χ1n) is 10.8. The van der Waals surface area contributed by atoms with Gasteiger partial charge in [-0.25, -0.2) is 4.79 Å². The zero-order valence-corrected chi connectivity index (χ0v) is 19.0. The van der Waals surface area contributed by atoms with E-state index in [0.29, 0.717) is 34.2 Å². The molecule has 0 saturated carbocycles. The van der Waals surface area contributed by atoms with Gasteiger partial charge in [0.15, 0.2) is 17.3 Å². The Labute approximate surface area is 209 Å². The van der Waals surface area contributed by atoms with Crippen molar-refractivity contribution in [3.63, 3.8) is 0 Å². The molecular weight excluding hydrogens is 522 g/mol. The van der Waals surface area contributed by atoms with Gasteiger partial charge in [0, 0.05) is 22.7 Å². The SMILES string of the molecule is O=C(Nc1ccc2c(c1)OCO2)Nc1n[nH]c2ccc(OCc3ccc(C(F)(F)F)cc3C(F)(F)F)cc12. The van der Waals surface area contributed by atoms with E-state index in [-0.39, 0.29) is 24.4 Å². The van der Waals surface area contributed by atoms with Crippen molar-refractivity contribution in [2.75, 3.05) is 17.4 Å². The van der Waals surface area contributed by atoms with Crippen molar-refractivity contribution in [2.24, 2.45) is 0 Å². The Kier molecular flexibility index (Phi) is 6.17. The smallest absolute Gasteiger partial charge is 0.416 e. The van der Waals surface area contributed by atoms with Crippen LogP contribution in [0.2, 0.25) is 0 Å². The molecule has 0 bridgehead atoms. The molecule has 1 aliphatic heterocycles. The van der Waals surface area contributed by atoms with Crippen molar-refractivity contribution in [2.45, 2.75) is 19.0 Å². The highest BCUT2D eigenvalue weighted by atomic mass is 19.4. The van der Waals surface area contributed by atoms with Crippen molar-refractivity contribution >= 4 is 28.4 Å². The van der Waals surface area contributed by atoms with Crippen LogP contribution < -0.4 is 24.8 Å². The molecule has 0 radical (unpaired) electrons. The normalized spacial score (nSPS) is 13.0. The number of nitrogens with one attached hydrogen (secondary N) is 3. The molecule has 0 saturated heterocycles. The van der Waals surface area contributed by atoms with Gasteiger partial charge in [-0.05, 0) is 42.5 Å². The minimum absolute atomic E-state index is 0.0543. The number of urea groups is 1. The van der Waals surface area contributed by atoms with Gasteiger partial charge in [0.2, 0.25) is 6.79 Å². The maximum Gasteiger partial charge on any atom is 0.416 e. The number of ether oxygens (including phenoxy) is 3. The molecule has 0 atom stereocenters. The molecule has 4 aromatic rings. The summed E-state index contributed by atoms with van der Waals surface area (Å²) in [5.41, 5.74) is -2.42. The number of fused-ring (bicyclic) bond motifs is 2. The third-order valence-corrected chi connectivity index (χ3v) is 5.53. The minimum atomic E-state index is -5.02. The molecule has 1 aromatic heterocycles. The molecule has 198 valence electrons. The second-order valence-corrected chi connectivity index (χ2v) is 8.08. The van der Waals surface area contributed by atoms with Crippen LogP contribution in [0.15, 0.2) is 54.6 Å². The van der Waals surface area contributed by atoms with Crippen molar-refractivity contribution in [1.29, 1.82) is 0 Å². The number of benzene rings is 3. The molecular formula is C24H16F6N4O4. The monoisotopic (exact) mass is 538 g/mol. The first kappa shape index (κ1) is 25.0. The average Bonchev–Trinajstić information content (AvgIpc) is 3.48. The first-order valence-corrected chi connectivity index (χ1v) is 10.8. The second kappa shape index (κ2) is 9.36. The van der Waals surface area contributed by atoms with E-state index in [1.807, 2.05) is 0 Å². The fourth-order valence-corrected chi connectivity index (χ4v) is 3.73. The number of hydrogen-bond donors (Lipinski definition) is 3. The number of rotatable bonds is 5. The number of nitrogens with zero attached hydrogens (tertiary/aromatic N) is 1. The first-order chi connectivity index (χ1) is 18.0. The molecule has 3 aromatic carbocycles. The van der Waals surface area contributed by atoms with E-state index in [4.69, 9.17) is 14.2 Å². The lowest BCUT2D eigenvalue weighted by atomic mass is 10.0. The number of alkyl halides is 6. The molecule has 5 rings (SSSR count). The molecule has 0 unspecified atom stereocenters. The van der Waals surface area contributed by atoms with Crippen molar-refractivity contribution < 1.29 is 45.3 Å². The molecule has 2 heterocycles. The minimum Gasteiger partial charge on any atom is -0.489 e. The number of anilines is 2. The number of H-pyrrole nitrogens is 1. The van der Waals surface area contributed by atoms with E-state index in [1.54, 1.807) is 18.2 Å². The lowest BCUT2D eigenvalue weighted by Gasteiger charge is -2.16. The van der Waals surface area contributed by atoms with Crippen LogP contribution in [0.1, 0.15) is 16.7 Å². The standard InChI is InChI=1S/C24H16F6N4O4/c25-23(26,27)13-2-1-12(17(7-13)24(28,29)30)10-36-15-4-5-18-16(9-15)21(34-33-18)32-22(35)31-14-3-6-19-20(8-14)38-11-37-19/h1-9H,10-11H2,(H3,31,32,33,34,35). The zero-order valence-electron chi connectivity index (χ0n) is 19.0. The largest absolute Gasteiger partial charge is 0.489 e. The predicted molar refractivity (Wildman–Crippen MR) is 122 cm³/mol. The van der Waals surface area contributed by atoms with Crippen LogP contribution in [-0.4, -0.2) is 23.0 Å². The lowest BCUT2D eigenvalue weighted by Crippen LogP contribution is -2.19. The molecule has 0 spiro atoms. The number of halogens is 6. The number of aromatic nitrogens is 2. The average molecular weight is 538 g/mol. The molecule has 3 N–H and O–H groups in total. The summed E-state index contributed by atoms with van der Waals surface area (Å²) < 4.78 is 94.9. The van der Waals surface area contributed by atoms with Crippen molar-refractivity contribution in [1.82, 2.24) is 10.2 Å². The Morgan fingerprint density at radius 2 is 1.71 bits per heavy atom. The summed E-state index contributed by atoms with van der Waals surface area (Å²) in [6, 6.07) is 9.92. The quantitative estimate of drug-likeness (QED) is 0.250. The van der Waals surface area contributed by atoms with Crippen molar-refractivity contribution in [3.05, 3.63) is 71.3 Å². The van der Waals surface area contributed by atoms with Gasteiger partial charge in [-0.2, -0.15) is 31.4 Å². The van der Waals surface area contributed by atoms with Gasteiger partial charge < -0.3 is 19.5 Å². The molecule has 0 fully saturated rings. The predicted octanol–water partition coefficient (Wildman–Crippen LogP) is 6.55. The van der Waals surface area contributed by atoms with Crippen LogP contribution in [0, 0.1) is 0 Å². The zero-order chi connectivity index (χ0) is 27.1. The summed E-state index contributed by atoms with van der Waals surface area (Å²) in [7, 11) is 0. The Bertz CT molecular complexity index is 1520. The maximum absolute atomic E-state index is 13.4. The molecule has 2 amide bonds. The summed E-state index contributed by atoms with van der Waals surface area (Å²) in [6.45, 7) is -0.575. The summed E-state index contributed by atoms with van der Waals surface area (Å²) in [6.07, 6.45) is -9.94. The molecule has 38 heavy (non-hydrogen) atoms. The number of amides is 2. The summed E-state index contributed by atoms with van der Waals surface area (Å²) in [5.74, 6) is 1.22. The van der Waals surface area contributed by atoms with Crippen LogP contribution in [-0.2, 0) is 19.0 Å². The van der Waals surface area contributed by atoms with E-state index >= 15 is 0 Å². The summed E-state index contributed by atoms with van der Waals surface area (Å²) in [5, 5.41) is 12.3. The third-order valence-electron chi connectivity index (χ3n) is 5.53. The third kappa shape index (κ3) is 5.23. The number of hydrogen-bond acceptors (Lipinski definition) is 5. The molecule has 0 aliphatic carbocycles. The van der Waals surface area contributed by atoms with Gasteiger partial charge in [-0.1, -0.05) is 6.07 Å². The molecule has 14 heteroatoms. The van der Waals surface area contributed by atoms with Crippen LogP contribution in [0.3, 0.4) is 0 Å². The van der Waals surface area contributed by atoms with Crippen LogP contribution in [0.4, 0.5) is 42.6 Å². The van der Waals surface area contributed by atoms with Gasteiger partial charge >= 0.3 is 18.4 Å². The summed E-state index contributed by atoms with van der Waals surface area (Å²) >= 11 is 0. The molecule has 1 aliphatic rings. The van der Waals surface area contributed by atoms with E-state index < -0.39 is 41.7 Å². The Morgan fingerprint density at radius 3 is 2.47 bits per heavy atom. The van der Waals surface area contributed by atoms with E-state index in [0.717, 1.165) is 6.07 Å².